The second-order valence-corrected chi connectivity index (χ2v) is 2.73. The zero-order valence-electron chi connectivity index (χ0n) is 7.72. The fourth-order valence-corrected chi connectivity index (χ4v) is 1.06. The SMILES string of the molecule is CC#CCNC(=O)C1=COCCC1. The number of hydrogen-bond acceptors (Lipinski definition) is 2. The maximum absolute atomic E-state index is 11.3. The van der Waals surface area contributed by atoms with Crippen LogP contribution in [0.2, 0.25) is 0 Å². The molecular formula is C10H13NO2. The summed E-state index contributed by atoms with van der Waals surface area (Å²) in [7, 11) is 0. The van der Waals surface area contributed by atoms with Gasteiger partial charge in [-0.1, -0.05) is 5.92 Å². The van der Waals surface area contributed by atoms with Crippen molar-refractivity contribution < 1.29 is 9.53 Å². The molecule has 0 aliphatic carbocycles. The van der Waals surface area contributed by atoms with Crippen LogP contribution in [0.5, 0.6) is 0 Å². The number of hydrogen-bond donors (Lipinski definition) is 1. The molecule has 1 amide bonds. The Hall–Kier alpha value is -1.43. The van der Waals surface area contributed by atoms with E-state index in [9.17, 15) is 4.79 Å². The third-order valence-corrected chi connectivity index (χ3v) is 1.74. The molecule has 0 saturated heterocycles. The second kappa shape index (κ2) is 5.26. The average molecular weight is 179 g/mol. The van der Waals surface area contributed by atoms with E-state index in [0.29, 0.717) is 18.7 Å². The molecule has 1 N–H and O–H groups in total. The number of nitrogens with one attached hydrogen (secondary N) is 1. The molecule has 0 spiro atoms. The van der Waals surface area contributed by atoms with Gasteiger partial charge in [-0.05, 0) is 19.8 Å². The molecule has 0 atom stereocenters. The van der Waals surface area contributed by atoms with E-state index in [0.717, 1.165) is 12.8 Å². The van der Waals surface area contributed by atoms with Crippen LogP contribution in [-0.2, 0) is 9.53 Å². The molecule has 1 aliphatic heterocycles. The minimum absolute atomic E-state index is 0.0672. The number of rotatable bonds is 2. The lowest BCUT2D eigenvalue weighted by atomic mass is 10.1. The van der Waals surface area contributed by atoms with Crippen molar-refractivity contribution in [3.63, 3.8) is 0 Å². The van der Waals surface area contributed by atoms with Crippen LogP contribution in [0.1, 0.15) is 19.8 Å². The van der Waals surface area contributed by atoms with Gasteiger partial charge in [0, 0.05) is 0 Å². The standard InChI is InChI=1S/C10H13NO2/c1-2-3-6-11-10(12)9-5-4-7-13-8-9/h8H,4-7H2,1H3,(H,11,12). The summed E-state index contributed by atoms with van der Waals surface area (Å²) in [6.07, 6.45) is 3.25. The highest BCUT2D eigenvalue weighted by Gasteiger charge is 2.11. The van der Waals surface area contributed by atoms with E-state index in [2.05, 4.69) is 17.2 Å². The van der Waals surface area contributed by atoms with Crippen LogP contribution in [-0.4, -0.2) is 19.1 Å². The topological polar surface area (TPSA) is 38.3 Å². The molecule has 3 nitrogen and oxygen atoms in total. The quantitative estimate of drug-likeness (QED) is 0.637. The van der Waals surface area contributed by atoms with Gasteiger partial charge < -0.3 is 10.1 Å². The minimum atomic E-state index is -0.0672. The fraction of sp³-hybridized carbons (Fsp3) is 0.500. The summed E-state index contributed by atoms with van der Waals surface area (Å²) in [6, 6.07) is 0. The third kappa shape index (κ3) is 3.20. The van der Waals surface area contributed by atoms with Crippen molar-refractivity contribution in [2.75, 3.05) is 13.2 Å². The maximum atomic E-state index is 11.3. The van der Waals surface area contributed by atoms with Crippen molar-refractivity contribution in [3.8, 4) is 11.8 Å². The summed E-state index contributed by atoms with van der Waals surface area (Å²) in [6.45, 7) is 2.87. The van der Waals surface area contributed by atoms with Gasteiger partial charge in [0.2, 0.25) is 0 Å². The van der Waals surface area contributed by atoms with Gasteiger partial charge in [0.25, 0.3) is 5.91 Å². The molecule has 0 bridgehead atoms. The molecule has 13 heavy (non-hydrogen) atoms. The molecule has 0 aromatic heterocycles. The maximum Gasteiger partial charge on any atom is 0.251 e. The van der Waals surface area contributed by atoms with Crippen LogP contribution in [0.25, 0.3) is 0 Å². The van der Waals surface area contributed by atoms with Crippen LogP contribution in [0.4, 0.5) is 0 Å². The van der Waals surface area contributed by atoms with Crippen molar-refractivity contribution >= 4 is 5.91 Å². The molecule has 70 valence electrons. The number of carbonyl (C=O) groups excluding carboxylic acids is 1. The smallest absolute Gasteiger partial charge is 0.251 e. The Morgan fingerprint density at radius 1 is 1.77 bits per heavy atom. The lowest BCUT2D eigenvalue weighted by Gasteiger charge is -2.12. The Morgan fingerprint density at radius 3 is 3.23 bits per heavy atom. The Morgan fingerprint density at radius 2 is 2.62 bits per heavy atom. The van der Waals surface area contributed by atoms with E-state index in [4.69, 9.17) is 4.74 Å². The molecule has 0 aromatic rings. The first-order chi connectivity index (χ1) is 6.34. The van der Waals surface area contributed by atoms with Gasteiger partial charge in [-0.2, -0.15) is 0 Å². The van der Waals surface area contributed by atoms with Crippen LogP contribution in [0, 0.1) is 11.8 Å². The minimum Gasteiger partial charge on any atom is -0.501 e. The first kappa shape index (κ1) is 9.66. The van der Waals surface area contributed by atoms with Gasteiger partial charge in [0.05, 0.1) is 25.0 Å². The molecule has 0 aromatic carbocycles. The van der Waals surface area contributed by atoms with Crippen molar-refractivity contribution in [3.05, 3.63) is 11.8 Å². The zero-order valence-corrected chi connectivity index (χ0v) is 7.72. The largest absolute Gasteiger partial charge is 0.501 e. The van der Waals surface area contributed by atoms with E-state index < -0.39 is 0 Å². The molecule has 1 aliphatic rings. The lowest BCUT2D eigenvalue weighted by molar-refractivity contribution is -0.117. The Bertz CT molecular complexity index is 270. The highest BCUT2D eigenvalue weighted by Crippen LogP contribution is 2.10. The Balaban J connectivity index is 2.36. The number of amides is 1. The summed E-state index contributed by atoms with van der Waals surface area (Å²) in [5.41, 5.74) is 0.712. The summed E-state index contributed by atoms with van der Waals surface area (Å²) in [5.74, 6) is 5.41. The van der Waals surface area contributed by atoms with Crippen molar-refractivity contribution in [1.29, 1.82) is 0 Å². The number of carbonyl (C=O) groups is 1. The predicted octanol–water partition coefficient (Wildman–Crippen LogP) is 0.820. The van der Waals surface area contributed by atoms with Gasteiger partial charge in [-0.3, -0.25) is 4.79 Å². The number of ether oxygens (including phenoxy) is 1. The van der Waals surface area contributed by atoms with Gasteiger partial charge in [0.1, 0.15) is 0 Å². The first-order valence-corrected chi connectivity index (χ1v) is 4.33. The predicted molar refractivity (Wildman–Crippen MR) is 49.7 cm³/mol. The molecule has 0 saturated carbocycles. The zero-order chi connectivity index (χ0) is 9.52. The van der Waals surface area contributed by atoms with Crippen molar-refractivity contribution in [2.24, 2.45) is 0 Å². The van der Waals surface area contributed by atoms with E-state index in [1.165, 1.54) is 6.26 Å². The second-order valence-electron chi connectivity index (χ2n) is 2.73. The monoisotopic (exact) mass is 179 g/mol. The van der Waals surface area contributed by atoms with Crippen LogP contribution >= 0.6 is 0 Å². The molecule has 0 unspecified atom stereocenters. The van der Waals surface area contributed by atoms with E-state index in [-0.39, 0.29) is 5.91 Å². The van der Waals surface area contributed by atoms with E-state index >= 15 is 0 Å². The third-order valence-electron chi connectivity index (χ3n) is 1.74. The van der Waals surface area contributed by atoms with Gasteiger partial charge in [0.15, 0.2) is 0 Å². The molecule has 1 heterocycles. The lowest BCUT2D eigenvalue weighted by Crippen LogP contribution is -2.26. The molecular weight excluding hydrogens is 166 g/mol. The van der Waals surface area contributed by atoms with E-state index in [1.807, 2.05) is 0 Å². The van der Waals surface area contributed by atoms with Gasteiger partial charge >= 0.3 is 0 Å². The van der Waals surface area contributed by atoms with Crippen LogP contribution in [0.3, 0.4) is 0 Å². The summed E-state index contributed by atoms with van der Waals surface area (Å²) >= 11 is 0. The highest BCUT2D eigenvalue weighted by molar-refractivity contribution is 5.93. The summed E-state index contributed by atoms with van der Waals surface area (Å²) in [5, 5.41) is 2.69. The van der Waals surface area contributed by atoms with E-state index in [1.54, 1.807) is 6.92 Å². The fourth-order valence-electron chi connectivity index (χ4n) is 1.06. The Labute approximate surface area is 78.2 Å². The molecule has 0 radical (unpaired) electrons. The van der Waals surface area contributed by atoms with Gasteiger partial charge in [-0.15, -0.1) is 5.92 Å². The first-order valence-electron chi connectivity index (χ1n) is 4.33. The Kier molecular flexibility index (Phi) is 3.90. The summed E-state index contributed by atoms with van der Waals surface area (Å²) < 4.78 is 5.05. The van der Waals surface area contributed by atoms with Crippen LogP contribution < -0.4 is 5.32 Å². The van der Waals surface area contributed by atoms with Crippen molar-refractivity contribution in [2.45, 2.75) is 19.8 Å². The van der Waals surface area contributed by atoms with Crippen LogP contribution in [0.15, 0.2) is 11.8 Å². The normalized spacial score (nSPS) is 14.7. The molecule has 3 heteroatoms. The average Bonchev–Trinajstić information content (AvgIpc) is 2.19. The molecule has 1 rings (SSSR count). The highest BCUT2D eigenvalue weighted by atomic mass is 16.5. The molecule has 0 fully saturated rings. The van der Waals surface area contributed by atoms with Gasteiger partial charge in [-0.25, -0.2) is 0 Å². The van der Waals surface area contributed by atoms with Crippen molar-refractivity contribution in [1.82, 2.24) is 5.32 Å². The summed E-state index contributed by atoms with van der Waals surface area (Å²) in [4.78, 5) is 11.3.